The average Bonchev–Trinajstić information content (AvgIpc) is 2.59. The van der Waals surface area contributed by atoms with Crippen molar-refractivity contribution in [1.29, 1.82) is 0 Å². The van der Waals surface area contributed by atoms with Crippen molar-refractivity contribution in [2.45, 2.75) is 51.7 Å². The topological polar surface area (TPSA) is 99.2 Å². The molecule has 0 radical (unpaired) electrons. The third-order valence-corrected chi connectivity index (χ3v) is 5.98. The highest BCUT2D eigenvalue weighted by Gasteiger charge is 2.66. The number of carboxylic acids is 1. The summed E-state index contributed by atoms with van der Waals surface area (Å²) < 4.78 is 5.62. The largest absolute Gasteiger partial charge is 0.479 e. The fraction of sp³-hybridized carbons (Fsp3) is 0.833. The van der Waals surface area contributed by atoms with Gasteiger partial charge in [-0.3, -0.25) is 4.79 Å². The maximum absolute atomic E-state index is 12.7. The number of rotatable bonds is 5. The minimum absolute atomic E-state index is 0.0643. The van der Waals surface area contributed by atoms with Crippen molar-refractivity contribution >= 4 is 17.9 Å². The van der Waals surface area contributed by atoms with Gasteiger partial charge in [-0.25, -0.2) is 9.59 Å². The van der Waals surface area contributed by atoms with Crippen LogP contribution in [-0.4, -0.2) is 78.2 Å². The fourth-order valence-corrected chi connectivity index (χ4v) is 3.97. The van der Waals surface area contributed by atoms with E-state index in [0.29, 0.717) is 32.5 Å². The molecule has 2 unspecified atom stereocenters. The van der Waals surface area contributed by atoms with E-state index in [1.165, 1.54) is 4.90 Å². The normalized spacial score (nSPS) is 28.2. The second-order valence-electron chi connectivity index (χ2n) is 8.01. The van der Waals surface area contributed by atoms with Crippen LogP contribution in [0.25, 0.3) is 0 Å². The van der Waals surface area contributed by atoms with Crippen molar-refractivity contribution in [3.05, 3.63) is 0 Å². The summed E-state index contributed by atoms with van der Waals surface area (Å²) in [7, 11) is 3.40. The SMILES string of the molecule is CCOC1CC(NC(=O)C2CCN(C(=O)N(C)C)CC2)(C(=O)O)C1(C)C. The van der Waals surface area contributed by atoms with Crippen molar-refractivity contribution in [1.82, 2.24) is 15.1 Å². The van der Waals surface area contributed by atoms with Gasteiger partial charge in [0, 0.05) is 51.5 Å². The number of carboxylic acid groups (broad SMARTS) is 1. The summed E-state index contributed by atoms with van der Waals surface area (Å²) in [5.74, 6) is -1.54. The monoisotopic (exact) mass is 369 g/mol. The van der Waals surface area contributed by atoms with Crippen molar-refractivity contribution in [2.75, 3.05) is 33.8 Å². The highest BCUT2D eigenvalue weighted by Crippen LogP contribution is 2.51. The Morgan fingerprint density at radius 1 is 1.23 bits per heavy atom. The van der Waals surface area contributed by atoms with Crippen LogP contribution < -0.4 is 5.32 Å². The van der Waals surface area contributed by atoms with Crippen LogP contribution in [0.2, 0.25) is 0 Å². The Bertz CT molecular complexity index is 569. The molecule has 0 spiro atoms. The molecule has 1 saturated heterocycles. The van der Waals surface area contributed by atoms with E-state index >= 15 is 0 Å². The van der Waals surface area contributed by atoms with E-state index in [1.807, 2.05) is 20.8 Å². The number of amides is 3. The molecule has 2 fully saturated rings. The second-order valence-corrected chi connectivity index (χ2v) is 8.01. The molecular weight excluding hydrogens is 338 g/mol. The Balaban J connectivity index is 2.00. The van der Waals surface area contributed by atoms with Crippen LogP contribution in [0.3, 0.4) is 0 Å². The second kappa shape index (κ2) is 7.42. The zero-order valence-corrected chi connectivity index (χ0v) is 16.4. The molecule has 2 atom stereocenters. The van der Waals surface area contributed by atoms with Gasteiger partial charge < -0.3 is 25.0 Å². The first kappa shape index (κ1) is 20.5. The van der Waals surface area contributed by atoms with Gasteiger partial charge in [-0.05, 0) is 19.8 Å². The molecule has 0 bridgehead atoms. The van der Waals surface area contributed by atoms with Gasteiger partial charge in [-0.15, -0.1) is 0 Å². The summed E-state index contributed by atoms with van der Waals surface area (Å²) in [6, 6.07) is -0.0643. The molecule has 2 aliphatic rings. The van der Waals surface area contributed by atoms with E-state index in [1.54, 1.807) is 19.0 Å². The molecule has 2 N–H and O–H groups in total. The molecule has 8 heteroatoms. The number of hydrogen-bond donors (Lipinski definition) is 2. The van der Waals surface area contributed by atoms with Crippen LogP contribution in [0.1, 0.15) is 40.0 Å². The van der Waals surface area contributed by atoms with E-state index in [-0.39, 0.29) is 30.4 Å². The molecule has 0 aromatic carbocycles. The van der Waals surface area contributed by atoms with E-state index in [9.17, 15) is 19.5 Å². The van der Waals surface area contributed by atoms with Crippen LogP contribution in [0.15, 0.2) is 0 Å². The Morgan fingerprint density at radius 3 is 2.23 bits per heavy atom. The molecule has 148 valence electrons. The lowest BCUT2D eigenvalue weighted by atomic mass is 9.54. The number of piperidine rings is 1. The van der Waals surface area contributed by atoms with Crippen LogP contribution in [-0.2, 0) is 14.3 Å². The summed E-state index contributed by atoms with van der Waals surface area (Å²) in [5, 5.41) is 12.6. The molecular formula is C18H31N3O5. The van der Waals surface area contributed by atoms with Crippen LogP contribution in [0.4, 0.5) is 4.79 Å². The van der Waals surface area contributed by atoms with Crippen LogP contribution >= 0.6 is 0 Å². The Morgan fingerprint density at radius 2 is 1.81 bits per heavy atom. The number of ether oxygens (including phenoxy) is 1. The first-order chi connectivity index (χ1) is 12.1. The molecule has 8 nitrogen and oxygen atoms in total. The van der Waals surface area contributed by atoms with Crippen molar-refractivity contribution in [3.63, 3.8) is 0 Å². The molecule has 1 aliphatic carbocycles. The molecule has 1 saturated carbocycles. The Hall–Kier alpha value is -1.83. The van der Waals surface area contributed by atoms with E-state index in [2.05, 4.69) is 5.32 Å². The van der Waals surface area contributed by atoms with E-state index in [0.717, 1.165) is 0 Å². The number of carbonyl (C=O) groups excluding carboxylic acids is 2. The molecule has 26 heavy (non-hydrogen) atoms. The number of urea groups is 1. The molecule has 0 aromatic heterocycles. The smallest absolute Gasteiger partial charge is 0.330 e. The van der Waals surface area contributed by atoms with Gasteiger partial charge >= 0.3 is 12.0 Å². The Kier molecular flexibility index (Phi) is 5.85. The lowest BCUT2D eigenvalue weighted by molar-refractivity contribution is -0.195. The number of hydrogen-bond acceptors (Lipinski definition) is 4. The highest BCUT2D eigenvalue weighted by molar-refractivity contribution is 5.90. The first-order valence-electron chi connectivity index (χ1n) is 9.20. The van der Waals surface area contributed by atoms with Gasteiger partial charge in [-0.2, -0.15) is 0 Å². The maximum atomic E-state index is 12.7. The highest BCUT2D eigenvalue weighted by atomic mass is 16.5. The minimum Gasteiger partial charge on any atom is -0.479 e. The molecule has 3 amide bonds. The van der Waals surface area contributed by atoms with Crippen LogP contribution in [0, 0.1) is 11.3 Å². The number of nitrogens with zero attached hydrogens (tertiary/aromatic N) is 2. The number of likely N-dealkylation sites (tertiary alicyclic amines) is 1. The summed E-state index contributed by atoms with van der Waals surface area (Å²) >= 11 is 0. The van der Waals surface area contributed by atoms with E-state index in [4.69, 9.17) is 4.74 Å². The molecule has 1 heterocycles. The van der Waals surface area contributed by atoms with Gasteiger partial charge in [0.2, 0.25) is 5.91 Å². The zero-order valence-electron chi connectivity index (χ0n) is 16.4. The van der Waals surface area contributed by atoms with Gasteiger partial charge in [0.1, 0.15) is 5.54 Å². The summed E-state index contributed by atoms with van der Waals surface area (Å²) in [5.41, 5.74) is -1.99. The third-order valence-electron chi connectivity index (χ3n) is 5.98. The third kappa shape index (κ3) is 3.39. The standard InChI is InChI=1S/C18H31N3O5/c1-6-26-13-11-18(15(23)24,17(13,2)3)19-14(22)12-7-9-21(10-8-12)16(25)20(4)5/h12-13H,6-11H2,1-5H3,(H,19,22)(H,23,24). The van der Waals surface area contributed by atoms with Crippen molar-refractivity contribution in [2.24, 2.45) is 11.3 Å². The zero-order chi connectivity index (χ0) is 19.7. The summed E-state index contributed by atoms with van der Waals surface area (Å²) in [6.07, 6.45) is 1.16. The summed E-state index contributed by atoms with van der Waals surface area (Å²) in [6.45, 7) is 7.03. The van der Waals surface area contributed by atoms with E-state index < -0.39 is 16.9 Å². The van der Waals surface area contributed by atoms with Gasteiger partial charge in [0.25, 0.3) is 0 Å². The van der Waals surface area contributed by atoms with Crippen LogP contribution in [0.5, 0.6) is 0 Å². The Labute approximate surface area is 154 Å². The van der Waals surface area contributed by atoms with Gasteiger partial charge in [0.05, 0.1) is 6.10 Å². The predicted molar refractivity (Wildman–Crippen MR) is 95.7 cm³/mol. The quantitative estimate of drug-likeness (QED) is 0.757. The molecule has 2 rings (SSSR count). The van der Waals surface area contributed by atoms with Crippen molar-refractivity contribution < 1.29 is 24.2 Å². The summed E-state index contributed by atoms with van der Waals surface area (Å²) in [4.78, 5) is 39.9. The molecule has 0 aromatic rings. The average molecular weight is 369 g/mol. The fourth-order valence-electron chi connectivity index (χ4n) is 3.97. The lowest BCUT2D eigenvalue weighted by Gasteiger charge is -2.58. The van der Waals surface area contributed by atoms with Gasteiger partial charge in [0.15, 0.2) is 0 Å². The number of nitrogens with one attached hydrogen (secondary N) is 1. The van der Waals surface area contributed by atoms with Gasteiger partial charge in [-0.1, -0.05) is 13.8 Å². The number of aliphatic carboxylic acids is 1. The lowest BCUT2D eigenvalue weighted by Crippen LogP contribution is -2.76. The maximum Gasteiger partial charge on any atom is 0.330 e. The van der Waals surface area contributed by atoms with Crippen molar-refractivity contribution in [3.8, 4) is 0 Å². The first-order valence-corrected chi connectivity index (χ1v) is 9.20. The number of carbonyl (C=O) groups is 3. The molecule has 1 aliphatic heterocycles. The predicted octanol–water partition coefficient (Wildman–Crippen LogP) is 1.15. The minimum atomic E-state index is -1.31.